The summed E-state index contributed by atoms with van der Waals surface area (Å²) in [5.74, 6) is 0.345. The van der Waals surface area contributed by atoms with E-state index in [2.05, 4.69) is 15.5 Å². The summed E-state index contributed by atoms with van der Waals surface area (Å²) in [6.07, 6.45) is 2.39. The van der Waals surface area contributed by atoms with Crippen LogP contribution in [0.5, 0.6) is 0 Å². The van der Waals surface area contributed by atoms with Gasteiger partial charge in [-0.1, -0.05) is 20.3 Å². The summed E-state index contributed by atoms with van der Waals surface area (Å²) < 4.78 is 0. The van der Waals surface area contributed by atoms with Crippen molar-refractivity contribution in [3.63, 3.8) is 0 Å². The molecule has 0 bridgehead atoms. The zero-order valence-electron chi connectivity index (χ0n) is 10.1. The van der Waals surface area contributed by atoms with Crippen LogP contribution in [0.3, 0.4) is 0 Å². The SMILES string of the molecule is CCCC(C)(N)C(=O)Nc1cc(CC)[nH]n1. The van der Waals surface area contributed by atoms with Gasteiger partial charge in [0.2, 0.25) is 5.91 Å². The van der Waals surface area contributed by atoms with Crippen molar-refractivity contribution in [1.29, 1.82) is 0 Å². The Morgan fingerprint density at radius 3 is 2.81 bits per heavy atom. The van der Waals surface area contributed by atoms with Gasteiger partial charge in [-0.15, -0.1) is 0 Å². The monoisotopic (exact) mass is 224 g/mol. The van der Waals surface area contributed by atoms with E-state index in [1.165, 1.54) is 0 Å². The van der Waals surface area contributed by atoms with E-state index in [-0.39, 0.29) is 5.91 Å². The van der Waals surface area contributed by atoms with E-state index in [0.717, 1.165) is 18.5 Å². The van der Waals surface area contributed by atoms with Crippen molar-refractivity contribution in [3.05, 3.63) is 11.8 Å². The lowest BCUT2D eigenvalue weighted by atomic mass is 9.97. The molecule has 1 unspecified atom stereocenters. The molecule has 90 valence electrons. The zero-order chi connectivity index (χ0) is 12.2. The molecule has 0 saturated heterocycles. The fourth-order valence-corrected chi connectivity index (χ4v) is 1.50. The fourth-order valence-electron chi connectivity index (χ4n) is 1.50. The molecular formula is C11H20N4O. The highest BCUT2D eigenvalue weighted by Crippen LogP contribution is 2.13. The van der Waals surface area contributed by atoms with E-state index in [9.17, 15) is 4.79 Å². The van der Waals surface area contributed by atoms with Gasteiger partial charge in [0, 0.05) is 11.8 Å². The summed E-state index contributed by atoms with van der Waals surface area (Å²) in [6, 6.07) is 1.82. The van der Waals surface area contributed by atoms with Crippen molar-refractivity contribution in [1.82, 2.24) is 10.2 Å². The molecule has 0 aromatic carbocycles. The van der Waals surface area contributed by atoms with E-state index < -0.39 is 5.54 Å². The molecule has 5 heteroatoms. The minimum atomic E-state index is -0.833. The molecule has 1 atom stereocenters. The predicted octanol–water partition coefficient (Wildman–Crippen LogP) is 1.43. The number of carbonyl (C=O) groups excluding carboxylic acids is 1. The Labute approximate surface area is 95.8 Å². The van der Waals surface area contributed by atoms with Crippen LogP contribution in [0.4, 0.5) is 5.82 Å². The first-order valence-corrected chi connectivity index (χ1v) is 5.64. The second-order valence-electron chi connectivity index (χ2n) is 4.25. The number of aromatic nitrogens is 2. The van der Waals surface area contributed by atoms with Crippen molar-refractivity contribution in [2.75, 3.05) is 5.32 Å². The number of hydrogen-bond donors (Lipinski definition) is 3. The number of hydrogen-bond acceptors (Lipinski definition) is 3. The lowest BCUT2D eigenvalue weighted by Gasteiger charge is -2.21. The number of nitrogens with one attached hydrogen (secondary N) is 2. The number of nitrogens with zero attached hydrogens (tertiary/aromatic N) is 1. The average Bonchev–Trinajstić information content (AvgIpc) is 2.65. The smallest absolute Gasteiger partial charge is 0.245 e. The Morgan fingerprint density at radius 1 is 1.62 bits per heavy atom. The summed E-state index contributed by atoms with van der Waals surface area (Å²) in [5, 5.41) is 9.54. The normalized spacial score (nSPS) is 14.5. The second kappa shape index (κ2) is 5.12. The van der Waals surface area contributed by atoms with Gasteiger partial charge in [-0.2, -0.15) is 5.10 Å². The second-order valence-corrected chi connectivity index (χ2v) is 4.25. The van der Waals surface area contributed by atoms with E-state index >= 15 is 0 Å². The first-order chi connectivity index (χ1) is 7.49. The first-order valence-electron chi connectivity index (χ1n) is 5.64. The van der Waals surface area contributed by atoms with Crippen LogP contribution in [0.15, 0.2) is 6.07 Å². The van der Waals surface area contributed by atoms with E-state index in [0.29, 0.717) is 12.2 Å². The quantitative estimate of drug-likeness (QED) is 0.707. The van der Waals surface area contributed by atoms with Gasteiger partial charge in [-0.3, -0.25) is 9.89 Å². The van der Waals surface area contributed by atoms with Crippen LogP contribution >= 0.6 is 0 Å². The summed E-state index contributed by atoms with van der Waals surface area (Å²) in [6.45, 7) is 5.75. The molecule has 1 rings (SSSR count). The van der Waals surface area contributed by atoms with Crippen LogP contribution in [-0.2, 0) is 11.2 Å². The summed E-state index contributed by atoms with van der Waals surface area (Å²) >= 11 is 0. The third-order valence-corrected chi connectivity index (χ3v) is 2.54. The van der Waals surface area contributed by atoms with Crippen LogP contribution in [0.1, 0.15) is 39.3 Å². The summed E-state index contributed by atoms with van der Waals surface area (Å²) in [5.41, 5.74) is 6.06. The maximum Gasteiger partial charge on any atom is 0.245 e. The number of anilines is 1. The van der Waals surface area contributed by atoms with Crippen LogP contribution in [0, 0.1) is 0 Å². The highest BCUT2D eigenvalue weighted by molar-refractivity contribution is 5.96. The van der Waals surface area contributed by atoms with Crippen molar-refractivity contribution >= 4 is 11.7 Å². The van der Waals surface area contributed by atoms with Gasteiger partial charge in [0.25, 0.3) is 0 Å². The van der Waals surface area contributed by atoms with Crippen molar-refractivity contribution in [3.8, 4) is 0 Å². The zero-order valence-corrected chi connectivity index (χ0v) is 10.1. The largest absolute Gasteiger partial charge is 0.318 e. The molecule has 0 fully saturated rings. The minimum Gasteiger partial charge on any atom is -0.318 e. The Morgan fingerprint density at radius 2 is 2.31 bits per heavy atom. The maximum absolute atomic E-state index is 11.8. The summed E-state index contributed by atoms with van der Waals surface area (Å²) in [4.78, 5) is 11.8. The lowest BCUT2D eigenvalue weighted by Crippen LogP contribution is -2.48. The van der Waals surface area contributed by atoms with Crippen molar-refractivity contribution in [2.45, 2.75) is 45.6 Å². The molecule has 1 aromatic heterocycles. The van der Waals surface area contributed by atoms with Gasteiger partial charge in [-0.05, 0) is 19.8 Å². The number of H-pyrrole nitrogens is 1. The third-order valence-electron chi connectivity index (χ3n) is 2.54. The number of rotatable bonds is 5. The molecule has 1 heterocycles. The lowest BCUT2D eigenvalue weighted by molar-refractivity contribution is -0.120. The van der Waals surface area contributed by atoms with Crippen LogP contribution < -0.4 is 11.1 Å². The van der Waals surface area contributed by atoms with Gasteiger partial charge in [0.15, 0.2) is 5.82 Å². The van der Waals surface area contributed by atoms with Crippen molar-refractivity contribution in [2.24, 2.45) is 5.73 Å². The molecule has 0 saturated carbocycles. The maximum atomic E-state index is 11.8. The minimum absolute atomic E-state index is 0.191. The highest BCUT2D eigenvalue weighted by Gasteiger charge is 2.27. The Balaban J connectivity index is 2.63. The van der Waals surface area contributed by atoms with E-state index in [1.807, 2.05) is 19.9 Å². The molecule has 1 amide bonds. The van der Waals surface area contributed by atoms with Gasteiger partial charge in [0.05, 0.1) is 5.54 Å². The van der Waals surface area contributed by atoms with Crippen molar-refractivity contribution < 1.29 is 4.79 Å². The molecule has 4 N–H and O–H groups in total. The molecule has 0 aliphatic carbocycles. The Kier molecular flexibility index (Phi) is 4.06. The van der Waals surface area contributed by atoms with Crippen LogP contribution in [0.25, 0.3) is 0 Å². The number of aromatic amines is 1. The fraction of sp³-hybridized carbons (Fsp3) is 0.636. The Bertz CT molecular complexity index is 357. The molecular weight excluding hydrogens is 204 g/mol. The number of aryl methyl sites for hydroxylation is 1. The van der Waals surface area contributed by atoms with Gasteiger partial charge >= 0.3 is 0 Å². The standard InChI is InChI=1S/C11H20N4O/c1-4-6-11(3,12)10(16)13-9-7-8(5-2)14-15-9/h7H,4-6,12H2,1-3H3,(H2,13,14,15,16). The first kappa shape index (κ1) is 12.7. The molecule has 0 spiro atoms. The molecule has 16 heavy (non-hydrogen) atoms. The van der Waals surface area contributed by atoms with E-state index in [1.54, 1.807) is 6.92 Å². The molecule has 0 aliphatic rings. The molecule has 5 nitrogen and oxygen atoms in total. The third kappa shape index (κ3) is 3.06. The van der Waals surface area contributed by atoms with Gasteiger partial charge in [0.1, 0.15) is 0 Å². The number of nitrogens with two attached hydrogens (primary N) is 1. The topological polar surface area (TPSA) is 83.8 Å². The molecule has 0 radical (unpaired) electrons. The average molecular weight is 224 g/mol. The highest BCUT2D eigenvalue weighted by atomic mass is 16.2. The molecule has 1 aromatic rings. The van der Waals surface area contributed by atoms with Gasteiger partial charge < -0.3 is 11.1 Å². The number of carbonyl (C=O) groups is 1. The molecule has 0 aliphatic heterocycles. The predicted molar refractivity (Wildman–Crippen MR) is 64.1 cm³/mol. The van der Waals surface area contributed by atoms with Gasteiger partial charge in [-0.25, -0.2) is 0 Å². The number of amides is 1. The van der Waals surface area contributed by atoms with E-state index in [4.69, 9.17) is 5.73 Å². The van der Waals surface area contributed by atoms with Crippen LogP contribution in [0.2, 0.25) is 0 Å². The Hall–Kier alpha value is -1.36. The summed E-state index contributed by atoms with van der Waals surface area (Å²) in [7, 11) is 0. The van der Waals surface area contributed by atoms with Crippen LogP contribution in [-0.4, -0.2) is 21.6 Å².